The maximum atomic E-state index is 4.11. The Hall–Kier alpha value is -0.260. The third-order valence-corrected chi connectivity index (χ3v) is 3.36. The lowest BCUT2D eigenvalue weighted by Gasteiger charge is -2.13. The first-order valence-corrected chi connectivity index (χ1v) is 3.90. The van der Waals surface area contributed by atoms with Gasteiger partial charge in [0.1, 0.15) is 0 Å². The quantitative estimate of drug-likeness (QED) is 0.433. The van der Waals surface area contributed by atoms with Crippen molar-refractivity contribution in [1.82, 2.24) is 0 Å². The van der Waals surface area contributed by atoms with E-state index in [0.717, 1.165) is 23.7 Å². The molecule has 4 atom stereocenters. The van der Waals surface area contributed by atoms with E-state index in [1.807, 2.05) is 0 Å². The van der Waals surface area contributed by atoms with E-state index in [-0.39, 0.29) is 0 Å². The number of rotatable bonds is 0. The highest BCUT2D eigenvalue weighted by Gasteiger charge is 2.51. The molecule has 0 aromatic heterocycles. The number of hydrogen-bond acceptors (Lipinski definition) is 0. The summed E-state index contributed by atoms with van der Waals surface area (Å²) >= 11 is 0. The lowest BCUT2D eigenvalue weighted by Crippen LogP contribution is -2.04. The molecular formula is C9H14. The maximum Gasteiger partial charge on any atom is -0.0169 e. The van der Waals surface area contributed by atoms with Crippen molar-refractivity contribution in [1.29, 1.82) is 0 Å². The first-order valence-electron chi connectivity index (χ1n) is 3.90. The van der Waals surface area contributed by atoms with Crippen molar-refractivity contribution >= 4 is 0 Å². The van der Waals surface area contributed by atoms with Crippen LogP contribution < -0.4 is 0 Å². The van der Waals surface area contributed by atoms with Crippen LogP contribution in [-0.4, -0.2) is 0 Å². The summed E-state index contributed by atoms with van der Waals surface area (Å²) in [6.07, 6.45) is 1.45. The second-order valence-corrected chi connectivity index (χ2v) is 3.73. The fraction of sp³-hybridized carbons (Fsp3) is 0.778. The Morgan fingerprint density at radius 2 is 2.11 bits per heavy atom. The lowest BCUT2D eigenvalue weighted by molar-refractivity contribution is 0.435. The zero-order valence-corrected chi connectivity index (χ0v) is 6.22. The Bertz CT molecular complexity index is 157. The van der Waals surface area contributed by atoms with Gasteiger partial charge in [-0.1, -0.05) is 26.0 Å². The minimum Gasteiger partial charge on any atom is -0.0993 e. The van der Waals surface area contributed by atoms with Crippen LogP contribution in [0.1, 0.15) is 20.3 Å². The predicted molar refractivity (Wildman–Crippen MR) is 39.1 cm³/mol. The molecule has 2 aliphatic rings. The second-order valence-electron chi connectivity index (χ2n) is 3.73. The summed E-state index contributed by atoms with van der Waals surface area (Å²) in [4.78, 5) is 0. The van der Waals surface area contributed by atoms with Crippen molar-refractivity contribution in [2.24, 2.45) is 23.7 Å². The Morgan fingerprint density at radius 3 is 2.33 bits per heavy atom. The van der Waals surface area contributed by atoms with E-state index in [2.05, 4.69) is 20.4 Å². The Labute approximate surface area is 57.0 Å². The third kappa shape index (κ3) is 0.540. The zero-order chi connectivity index (χ0) is 6.59. The van der Waals surface area contributed by atoms with Crippen LogP contribution in [0.5, 0.6) is 0 Å². The Balaban J connectivity index is 2.23. The van der Waals surface area contributed by atoms with Crippen LogP contribution in [0, 0.1) is 23.7 Å². The van der Waals surface area contributed by atoms with E-state index in [9.17, 15) is 0 Å². The monoisotopic (exact) mass is 122 g/mol. The van der Waals surface area contributed by atoms with Crippen molar-refractivity contribution in [2.75, 3.05) is 0 Å². The molecule has 4 unspecified atom stereocenters. The smallest absolute Gasteiger partial charge is 0.0169 e. The molecule has 0 aromatic carbocycles. The molecule has 2 saturated carbocycles. The van der Waals surface area contributed by atoms with Gasteiger partial charge in [-0.05, 0) is 30.1 Å². The van der Waals surface area contributed by atoms with E-state index in [1.54, 1.807) is 0 Å². The standard InChI is InChI=1S/C9H14/c1-5-6(2)8-4-9(8)7(5)3/h5,7-9H,2,4H2,1,3H3. The summed E-state index contributed by atoms with van der Waals surface area (Å²) in [6, 6.07) is 0. The van der Waals surface area contributed by atoms with Crippen LogP contribution in [0.25, 0.3) is 0 Å². The number of hydrogen-bond donors (Lipinski definition) is 0. The predicted octanol–water partition coefficient (Wildman–Crippen LogP) is 2.46. The normalized spacial score (nSPS) is 55.6. The van der Waals surface area contributed by atoms with Crippen LogP contribution in [0.2, 0.25) is 0 Å². The Kier molecular flexibility index (Phi) is 0.870. The molecule has 0 radical (unpaired) electrons. The molecule has 0 N–H and O–H groups in total. The van der Waals surface area contributed by atoms with Crippen LogP contribution in [0.4, 0.5) is 0 Å². The van der Waals surface area contributed by atoms with Crippen molar-refractivity contribution in [3.05, 3.63) is 12.2 Å². The minimum atomic E-state index is 0.814. The topological polar surface area (TPSA) is 0 Å². The average molecular weight is 122 g/mol. The van der Waals surface area contributed by atoms with Crippen molar-refractivity contribution in [3.63, 3.8) is 0 Å². The van der Waals surface area contributed by atoms with E-state index in [1.165, 1.54) is 12.0 Å². The summed E-state index contributed by atoms with van der Waals surface area (Å²) in [5.74, 6) is 3.72. The van der Waals surface area contributed by atoms with Gasteiger partial charge in [0.05, 0.1) is 0 Å². The summed E-state index contributed by atoms with van der Waals surface area (Å²) in [7, 11) is 0. The van der Waals surface area contributed by atoms with Crippen molar-refractivity contribution in [2.45, 2.75) is 20.3 Å². The molecule has 2 aliphatic carbocycles. The van der Waals surface area contributed by atoms with Gasteiger partial charge in [-0.3, -0.25) is 0 Å². The van der Waals surface area contributed by atoms with E-state index < -0.39 is 0 Å². The average Bonchev–Trinajstić information content (AvgIpc) is 2.56. The van der Waals surface area contributed by atoms with Gasteiger partial charge < -0.3 is 0 Å². The zero-order valence-electron chi connectivity index (χ0n) is 6.22. The molecule has 0 bridgehead atoms. The largest absolute Gasteiger partial charge is 0.0993 e. The van der Waals surface area contributed by atoms with E-state index in [4.69, 9.17) is 0 Å². The van der Waals surface area contributed by atoms with E-state index in [0.29, 0.717) is 0 Å². The third-order valence-electron chi connectivity index (χ3n) is 3.36. The summed E-state index contributed by atoms with van der Waals surface area (Å²) < 4.78 is 0. The van der Waals surface area contributed by atoms with Crippen molar-refractivity contribution in [3.8, 4) is 0 Å². The first-order chi connectivity index (χ1) is 4.22. The van der Waals surface area contributed by atoms with Crippen LogP contribution >= 0.6 is 0 Å². The van der Waals surface area contributed by atoms with Gasteiger partial charge >= 0.3 is 0 Å². The van der Waals surface area contributed by atoms with Gasteiger partial charge in [0.2, 0.25) is 0 Å². The van der Waals surface area contributed by atoms with Gasteiger partial charge in [-0.15, -0.1) is 0 Å². The minimum absolute atomic E-state index is 0.814. The summed E-state index contributed by atoms with van der Waals surface area (Å²) in [6.45, 7) is 8.80. The van der Waals surface area contributed by atoms with Crippen LogP contribution in [-0.2, 0) is 0 Å². The fourth-order valence-corrected chi connectivity index (χ4v) is 2.27. The lowest BCUT2D eigenvalue weighted by atomic mass is 9.92. The molecule has 9 heavy (non-hydrogen) atoms. The molecule has 0 amide bonds. The SMILES string of the molecule is C=C1C(C)C(C)C2CC12. The molecule has 2 fully saturated rings. The molecule has 0 spiro atoms. The highest BCUT2D eigenvalue weighted by atomic mass is 14.6. The molecule has 0 aliphatic heterocycles. The number of fused-ring (bicyclic) bond motifs is 1. The van der Waals surface area contributed by atoms with Crippen LogP contribution in [0.15, 0.2) is 12.2 Å². The first kappa shape index (κ1) is 5.52. The summed E-state index contributed by atoms with van der Waals surface area (Å²) in [5, 5.41) is 0. The molecule has 0 aromatic rings. The summed E-state index contributed by atoms with van der Waals surface area (Å²) in [5.41, 5.74) is 1.53. The molecule has 0 heteroatoms. The van der Waals surface area contributed by atoms with Gasteiger partial charge in [0, 0.05) is 0 Å². The molecule has 2 rings (SSSR count). The Morgan fingerprint density at radius 1 is 1.44 bits per heavy atom. The fourth-order valence-electron chi connectivity index (χ4n) is 2.27. The highest BCUT2D eigenvalue weighted by molar-refractivity contribution is 5.23. The molecule has 0 saturated heterocycles. The molecular weight excluding hydrogens is 108 g/mol. The van der Waals surface area contributed by atoms with Crippen molar-refractivity contribution < 1.29 is 0 Å². The second kappa shape index (κ2) is 1.42. The van der Waals surface area contributed by atoms with E-state index >= 15 is 0 Å². The van der Waals surface area contributed by atoms with Gasteiger partial charge in [-0.25, -0.2) is 0 Å². The maximum absolute atomic E-state index is 4.11. The van der Waals surface area contributed by atoms with Crippen LogP contribution in [0.3, 0.4) is 0 Å². The van der Waals surface area contributed by atoms with Gasteiger partial charge in [0.25, 0.3) is 0 Å². The van der Waals surface area contributed by atoms with Gasteiger partial charge in [-0.2, -0.15) is 0 Å². The van der Waals surface area contributed by atoms with Gasteiger partial charge in [0.15, 0.2) is 0 Å². The molecule has 0 heterocycles. The highest BCUT2D eigenvalue weighted by Crippen LogP contribution is 2.60. The number of allylic oxidation sites excluding steroid dienone is 1. The molecule has 50 valence electrons. The molecule has 0 nitrogen and oxygen atoms in total.